The molecule has 1 saturated heterocycles. The van der Waals surface area contributed by atoms with E-state index in [1.54, 1.807) is 6.20 Å². The molecule has 29 heavy (non-hydrogen) atoms. The maximum atomic E-state index is 12.0. The second-order valence-electron chi connectivity index (χ2n) is 7.09. The highest BCUT2D eigenvalue weighted by molar-refractivity contribution is 5.76. The predicted molar refractivity (Wildman–Crippen MR) is 111 cm³/mol. The average molecular weight is 396 g/mol. The molecule has 0 aliphatic carbocycles. The SMILES string of the molecule is O=C(CCCNC(=O)OCc1ccccc1)NCc1ccnc(N2CCCC2)c1. The molecule has 1 aliphatic heterocycles. The lowest BCUT2D eigenvalue weighted by atomic mass is 10.2. The number of benzene rings is 1. The Morgan fingerprint density at radius 3 is 2.62 bits per heavy atom. The van der Waals surface area contributed by atoms with E-state index < -0.39 is 6.09 Å². The van der Waals surface area contributed by atoms with Crippen LogP contribution in [0, 0.1) is 0 Å². The first kappa shape index (κ1) is 20.6. The van der Waals surface area contributed by atoms with E-state index in [9.17, 15) is 9.59 Å². The minimum absolute atomic E-state index is 0.0380. The van der Waals surface area contributed by atoms with Gasteiger partial charge in [-0.2, -0.15) is 0 Å². The van der Waals surface area contributed by atoms with Crippen molar-refractivity contribution in [3.05, 3.63) is 59.8 Å². The number of carbonyl (C=O) groups is 2. The maximum Gasteiger partial charge on any atom is 0.407 e. The number of aromatic nitrogens is 1. The van der Waals surface area contributed by atoms with Crippen molar-refractivity contribution in [1.29, 1.82) is 0 Å². The molecule has 7 heteroatoms. The van der Waals surface area contributed by atoms with Crippen LogP contribution in [0.1, 0.15) is 36.8 Å². The van der Waals surface area contributed by atoms with Crippen molar-refractivity contribution in [2.75, 3.05) is 24.5 Å². The summed E-state index contributed by atoms with van der Waals surface area (Å²) in [5, 5.41) is 5.59. The standard InChI is InChI=1S/C22H28N4O3/c27-21(9-6-11-24-22(28)29-17-18-7-2-1-3-8-18)25-16-19-10-12-23-20(15-19)26-13-4-5-14-26/h1-3,7-8,10,12,15H,4-6,9,11,13-14,16-17H2,(H,24,28)(H,25,27). The minimum atomic E-state index is -0.472. The zero-order valence-electron chi connectivity index (χ0n) is 16.6. The van der Waals surface area contributed by atoms with E-state index in [0.717, 1.165) is 30.0 Å². The number of anilines is 1. The normalized spacial score (nSPS) is 13.2. The van der Waals surface area contributed by atoms with Crippen LogP contribution in [0.15, 0.2) is 48.7 Å². The van der Waals surface area contributed by atoms with Crippen LogP contribution in [0.4, 0.5) is 10.6 Å². The van der Waals surface area contributed by atoms with Crippen LogP contribution < -0.4 is 15.5 Å². The predicted octanol–water partition coefficient (Wildman–Crippen LogP) is 3.00. The first-order chi connectivity index (χ1) is 14.2. The molecule has 1 aromatic heterocycles. The molecule has 2 amide bonds. The van der Waals surface area contributed by atoms with Gasteiger partial charge in [0.05, 0.1) is 0 Å². The van der Waals surface area contributed by atoms with E-state index in [-0.39, 0.29) is 12.5 Å². The Morgan fingerprint density at radius 2 is 1.83 bits per heavy atom. The molecule has 1 aromatic carbocycles. The number of nitrogens with one attached hydrogen (secondary N) is 2. The van der Waals surface area contributed by atoms with Crippen LogP contribution in [0.3, 0.4) is 0 Å². The van der Waals surface area contributed by atoms with Crippen LogP contribution >= 0.6 is 0 Å². The maximum absolute atomic E-state index is 12.0. The number of nitrogens with zero attached hydrogens (tertiary/aromatic N) is 2. The van der Waals surface area contributed by atoms with E-state index in [1.807, 2.05) is 42.5 Å². The summed E-state index contributed by atoms with van der Waals surface area (Å²) in [7, 11) is 0. The molecule has 2 aromatic rings. The van der Waals surface area contributed by atoms with Gasteiger partial charge in [-0.25, -0.2) is 9.78 Å². The summed E-state index contributed by atoms with van der Waals surface area (Å²) in [6.45, 7) is 3.20. The molecule has 0 radical (unpaired) electrons. The zero-order valence-corrected chi connectivity index (χ0v) is 16.6. The third-order valence-corrected chi connectivity index (χ3v) is 4.79. The van der Waals surface area contributed by atoms with Gasteiger partial charge in [-0.05, 0) is 42.5 Å². The van der Waals surface area contributed by atoms with Gasteiger partial charge in [0.15, 0.2) is 0 Å². The van der Waals surface area contributed by atoms with E-state index in [2.05, 4.69) is 20.5 Å². The van der Waals surface area contributed by atoms with Gasteiger partial charge in [-0.1, -0.05) is 30.3 Å². The number of hydrogen-bond donors (Lipinski definition) is 2. The van der Waals surface area contributed by atoms with Gasteiger partial charge in [0.2, 0.25) is 5.91 Å². The quantitative estimate of drug-likeness (QED) is 0.637. The highest BCUT2D eigenvalue weighted by Gasteiger charge is 2.13. The van der Waals surface area contributed by atoms with Crippen molar-refractivity contribution in [3.8, 4) is 0 Å². The second-order valence-corrected chi connectivity index (χ2v) is 7.09. The molecule has 2 N–H and O–H groups in total. The molecule has 0 bridgehead atoms. The van der Waals surface area contributed by atoms with Crippen molar-refractivity contribution in [3.63, 3.8) is 0 Å². The molecule has 2 heterocycles. The first-order valence-electron chi connectivity index (χ1n) is 10.1. The average Bonchev–Trinajstić information content (AvgIpc) is 3.30. The summed E-state index contributed by atoms with van der Waals surface area (Å²) in [5.41, 5.74) is 1.98. The summed E-state index contributed by atoms with van der Waals surface area (Å²) in [5.74, 6) is 0.941. The highest BCUT2D eigenvalue weighted by atomic mass is 16.5. The van der Waals surface area contributed by atoms with Gasteiger partial charge in [0.25, 0.3) is 0 Å². The summed E-state index contributed by atoms with van der Waals surface area (Å²) in [4.78, 5) is 30.4. The Bertz CT molecular complexity index is 792. The van der Waals surface area contributed by atoms with Crippen molar-refractivity contribution in [1.82, 2.24) is 15.6 Å². The Balaban J connectivity index is 1.28. The third-order valence-electron chi connectivity index (χ3n) is 4.79. The van der Waals surface area contributed by atoms with Crippen LogP contribution in [0.2, 0.25) is 0 Å². The Hall–Kier alpha value is -3.09. The van der Waals surface area contributed by atoms with Gasteiger partial charge in [-0.3, -0.25) is 4.79 Å². The van der Waals surface area contributed by atoms with E-state index in [1.165, 1.54) is 12.8 Å². The highest BCUT2D eigenvalue weighted by Crippen LogP contribution is 2.18. The fraction of sp³-hybridized carbons (Fsp3) is 0.409. The molecule has 154 valence electrons. The van der Waals surface area contributed by atoms with Crippen molar-refractivity contribution in [2.24, 2.45) is 0 Å². The minimum Gasteiger partial charge on any atom is -0.445 e. The lowest BCUT2D eigenvalue weighted by Crippen LogP contribution is -2.27. The lowest BCUT2D eigenvalue weighted by molar-refractivity contribution is -0.121. The zero-order chi connectivity index (χ0) is 20.3. The number of pyridine rings is 1. The van der Waals surface area contributed by atoms with Crippen LogP contribution in [-0.2, 0) is 22.7 Å². The number of hydrogen-bond acceptors (Lipinski definition) is 5. The summed E-state index contributed by atoms with van der Waals surface area (Å²) in [6.07, 6.45) is 4.64. The van der Waals surface area contributed by atoms with Gasteiger partial charge in [0.1, 0.15) is 12.4 Å². The molecule has 0 saturated carbocycles. The molecular formula is C22H28N4O3. The first-order valence-corrected chi connectivity index (χ1v) is 10.1. The molecular weight excluding hydrogens is 368 g/mol. The largest absolute Gasteiger partial charge is 0.445 e. The molecule has 1 aliphatic rings. The lowest BCUT2D eigenvalue weighted by Gasteiger charge is -2.17. The van der Waals surface area contributed by atoms with Gasteiger partial charge in [-0.15, -0.1) is 0 Å². The monoisotopic (exact) mass is 396 g/mol. The fourth-order valence-electron chi connectivity index (χ4n) is 3.19. The van der Waals surface area contributed by atoms with Crippen LogP contribution in [0.25, 0.3) is 0 Å². The second kappa shape index (κ2) is 11.0. The number of carbonyl (C=O) groups excluding carboxylic acids is 2. The van der Waals surface area contributed by atoms with E-state index >= 15 is 0 Å². The molecule has 0 spiro atoms. The summed E-state index contributed by atoms with van der Waals surface area (Å²) in [6, 6.07) is 13.5. The molecule has 0 unspecified atom stereocenters. The summed E-state index contributed by atoms with van der Waals surface area (Å²) >= 11 is 0. The van der Waals surface area contributed by atoms with Gasteiger partial charge < -0.3 is 20.3 Å². The molecule has 0 atom stereocenters. The van der Waals surface area contributed by atoms with Gasteiger partial charge >= 0.3 is 6.09 Å². The number of amides is 2. The van der Waals surface area contributed by atoms with Crippen molar-refractivity contribution >= 4 is 17.8 Å². The third kappa shape index (κ3) is 7.10. The smallest absolute Gasteiger partial charge is 0.407 e. The number of ether oxygens (including phenoxy) is 1. The van der Waals surface area contributed by atoms with Crippen LogP contribution in [-0.4, -0.2) is 36.6 Å². The fourth-order valence-corrected chi connectivity index (χ4v) is 3.19. The summed E-state index contributed by atoms with van der Waals surface area (Å²) < 4.78 is 5.13. The Labute approximate surface area is 171 Å². The van der Waals surface area contributed by atoms with Crippen LogP contribution in [0.5, 0.6) is 0 Å². The molecule has 7 nitrogen and oxygen atoms in total. The molecule has 1 fully saturated rings. The number of rotatable bonds is 9. The van der Waals surface area contributed by atoms with Crippen molar-refractivity contribution in [2.45, 2.75) is 38.8 Å². The Kier molecular flexibility index (Phi) is 7.86. The van der Waals surface area contributed by atoms with E-state index in [0.29, 0.717) is 25.9 Å². The Morgan fingerprint density at radius 1 is 1.03 bits per heavy atom. The van der Waals surface area contributed by atoms with Gasteiger partial charge in [0, 0.05) is 38.8 Å². The molecule has 3 rings (SSSR count). The topological polar surface area (TPSA) is 83.6 Å². The van der Waals surface area contributed by atoms with Crippen molar-refractivity contribution < 1.29 is 14.3 Å². The van der Waals surface area contributed by atoms with E-state index in [4.69, 9.17) is 4.74 Å². The number of alkyl carbamates (subject to hydrolysis) is 1.